The van der Waals surface area contributed by atoms with E-state index in [4.69, 9.17) is 19.9 Å². The molecule has 105 heavy (non-hydrogen) atoms. The van der Waals surface area contributed by atoms with Crippen molar-refractivity contribution in [2.45, 2.75) is 0 Å². The summed E-state index contributed by atoms with van der Waals surface area (Å²) in [6, 6.07) is 133. The first-order valence-electron chi connectivity index (χ1n) is 35.6. The molecular weight excluding hydrogens is 1450 g/mol. The molecule has 18 aromatic rings. The first-order valence-corrected chi connectivity index (χ1v) is 35.6. The van der Waals surface area contributed by atoms with Crippen molar-refractivity contribution in [1.82, 2.24) is 19.9 Å². The Balaban J connectivity index is 0.00000732. The second-order valence-electron chi connectivity index (χ2n) is 27.5. The van der Waals surface area contributed by atoms with Crippen molar-refractivity contribution in [2.75, 3.05) is 0 Å². The van der Waals surface area contributed by atoms with E-state index >= 15 is 0 Å². The second-order valence-corrected chi connectivity index (χ2v) is 27.5. The third kappa shape index (κ3) is 10.4. The number of nitrogens with zero attached hydrogens (tertiary/aromatic N) is 4. The maximum Gasteiger partial charge on any atom is 2.00 e. The van der Waals surface area contributed by atoms with E-state index in [1.165, 1.54) is 0 Å². The second kappa shape index (κ2) is 25.1. The zero-order valence-corrected chi connectivity index (χ0v) is 59.0. The molecule has 490 valence electrons. The molecule has 8 bridgehead atoms. The minimum absolute atomic E-state index is 0. The fourth-order valence-corrected chi connectivity index (χ4v) is 16.4. The maximum absolute atomic E-state index is 6.36. The molecule has 4 nitrogen and oxygen atoms in total. The van der Waals surface area contributed by atoms with Gasteiger partial charge in [-0.1, -0.05) is 315 Å². The van der Waals surface area contributed by atoms with Gasteiger partial charge in [-0.25, -0.2) is 9.97 Å². The van der Waals surface area contributed by atoms with Crippen LogP contribution < -0.4 is 9.97 Å². The largest absolute Gasteiger partial charge is 2.00 e. The Morgan fingerprint density at radius 3 is 0.524 bits per heavy atom. The first kappa shape index (κ1) is 61.7. The molecule has 1 aliphatic carbocycles. The van der Waals surface area contributed by atoms with Gasteiger partial charge in [0.1, 0.15) is 0 Å². The molecule has 0 radical (unpaired) electrons. The predicted octanol–water partition coefficient (Wildman–Crippen LogP) is 26.5. The van der Waals surface area contributed by atoms with Crippen molar-refractivity contribution < 1.29 is 21.1 Å². The number of benzene rings is 16. The van der Waals surface area contributed by atoms with E-state index in [2.05, 4.69) is 364 Å². The van der Waals surface area contributed by atoms with Gasteiger partial charge >= 0.3 is 21.1 Å². The molecule has 21 rings (SSSR count). The molecule has 4 heterocycles. The van der Waals surface area contributed by atoms with Gasteiger partial charge in [0.15, 0.2) is 0 Å². The summed E-state index contributed by atoms with van der Waals surface area (Å²) in [6.45, 7) is 0. The average molecular weight is 1510 g/mol. The fourth-order valence-electron chi connectivity index (χ4n) is 16.4. The fraction of sp³-hybridized carbons (Fsp3) is 0. The SMILES string of the molecule is [Pt+2].c1ccc(-c2ccc(-c3c4nc(c(-c5ccc(-c6ccccc6)cc5)c5[n-]c(c(-c6ccc(-c7ccccc7)cc6)c6nc(c(-c7ccc(-c8ccccc8)cc7)c7[n-]c3c3cc8ccccc8cc73)-c3cc7ccccc7cc3-6)c3cc6ccccc6cc53)-c3cc5ccccc5cc3-4)cc2)cc1. The zero-order chi connectivity index (χ0) is 68.3. The van der Waals surface area contributed by atoms with Crippen molar-refractivity contribution in [2.24, 2.45) is 0 Å². The van der Waals surface area contributed by atoms with Crippen molar-refractivity contribution in [3.8, 4) is 134 Å². The molecule has 2 aliphatic heterocycles. The summed E-state index contributed by atoms with van der Waals surface area (Å²) in [4.78, 5) is 25.5. The van der Waals surface area contributed by atoms with E-state index in [0.29, 0.717) is 0 Å². The maximum atomic E-state index is 6.36. The summed E-state index contributed by atoms with van der Waals surface area (Å²) in [6.07, 6.45) is 0. The van der Waals surface area contributed by atoms with Gasteiger partial charge in [0.2, 0.25) is 0 Å². The van der Waals surface area contributed by atoms with E-state index in [9.17, 15) is 0 Å². The smallest absolute Gasteiger partial charge is 0.656 e. The molecular formula is C100H60N4Pt. The molecule has 0 fully saturated rings. The quantitative estimate of drug-likeness (QED) is 0.152. The van der Waals surface area contributed by atoms with E-state index in [1.54, 1.807) is 0 Å². The monoisotopic (exact) mass is 1510 g/mol. The standard InChI is InChI=1S/C100H60N4.Pt/c1-5-21-61(22-6-1)65-37-45-69(46-38-65)89-93-81-53-73-29-13-15-31-75(73)55-83(81)95(101-93)90(70-47-39-66(40-48-70)62-23-7-2-8-24-62)97-85-57-77-33-17-19-35-79(77)59-87(85)99(103-97)92(72-51-43-68(44-52-72)64-27-11-4-12-28-64)100-88-60-80-36-20-18-34-78(80)58-86(88)98(104-100)91(71-49-41-67(42-50-71)63-25-9-3-10-26-63)96-84-56-76-32-16-14-30-74(76)54-82(84)94(89)102-96;/h1-60H;/q-2;+2. The Hall–Kier alpha value is -13.1. The number of aromatic nitrogens is 4. The van der Waals surface area contributed by atoms with Gasteiger partial charge in [0, 0.05) is 22.3 Å². The van der Waals surface area contributed by atoms with Crippen LogP contribution in [-0.4, -0.2) is 9.97 Å². The minimum atomic E-state index is 0. The molecule has 5 heteroatoms. The molecule has 0 amide bonds. The average Bonchev–Trinajstić information content (AvgIpc) is 1.55. The van der Waals surface area contributed by atoms with Crippen molar-refractivity contribution >= 4 is 86.7 Å². The van der Waals surface area contributed by atoms with Crippen molar-refractivity contribution in [3.63, 3.8) is 0 Å². The van der Waals surface area contributed by atoms with Crippen LogP contribution in [0, 0.1) is 0 Å². The Labute approximate surface area is 621 Å². The van der Waals surface area contributed by atoms with Crippen molar-refractivity contribution in [1.29, 1.82) is 0 Å². The zero-order valence-electron chi connectivity index (χ0n) is 56.7. The van der Waals surface area contributed by atoms with E-state index < -0.39 is 0 Å². The van der Waals surface area contributed by atoms with Crippen LogP contribution in [0.4, 0.5) is 0 Å². The predicted molar refractivity (Wildman–Crippen MR) is 436 cm³/mol. The van der Waals surface area contributed by atoms with E-state index in [0.717, 1.165) is 221 Å². The Morgan fingerprint density at radius 1 is 0.162 bits per heavy atom. The molecule has 0 spiro atoms. The van der Waals surface area contributed by atoms with Crippen LogP contribution in [0.1, 0.15) is 0 Å². The van der Waals surface area contributed by atoms with Gasteiger partial charge in [0.25, 0.3) is 0 Å². The van der Waals surface area contributed by atoms with Gasteiger partial charge in [-0.2, -0.15) is 0 Å². The minimum Gasteiger partial charge on any atom is -0.656 e. The summed E-state index contributed by atoms with van der Waals surface area (Å²) in [5.74, 6) is 0. The molecule has 0 atom stereocenters. The molecule has 0 saturated heterocycles. The molecule has 3 aliphatic rings. The Morgan fingerprint density at radius 2 is 0.324 bits per heavy atom. The van der Waals surface area contributed by atoms with Crippen LogP contribution in [0.2, 0.25) is 0 Å². The molecule has 0 N–H and O–H groups in total. The Kier molecular flexibility index (Phi) is 14.8. The van der Waals surface area contributed by atoms with Crippen LogP contribution in [-0.2, 0) is 21.1 Å². The van der Waals surface area contributed by atoms with Gasteiger partial charge in [0.05, 0.1) is 22.8 Å². The van der Waals surface area contributed by atoms with Crippen LogP contribution in [0.3, 0.4) is 0 Å². The van der Waals surface area contributed by atoms with Crippen LogP contribution in [0.5, 0.6) is 0 Å². The summed E-state index contributed by atoms with van der Waals surface area (Å²) in [7, 11) is 0. The first-order chi connectivity index (χ1) is 51.5. The molecule has 0 saturated carbocycles. The van der Waals surface area contributed by atoms with E-state index in [1.807, 2.05) is 0 Å². The third-order valence-electron chi connectivity index (χ3n) is 21.5. The summed E-state index contributed by atoms with van der Waals surface area (Å²) in [5, 5.41) is 12.9. The summed E-state index contributed by atoms with van der Waals surface area (Å²) >= 11 is 0. The van der Waals surface area contributed by atoms with E-state index in [-0.39, 0.29) is 21.1 Å². The van der Waals surface area contributed by atoms with Crippen molar-refractivity contribution in [3.05, 3.63) is 364 Å². The van der Waals surface area contributed by atoms with Crippen LogP contribution in [0.15, 0.2) is 364 Å². The molecule has 0 unspecified atom stereocenters. The van der Waals surface area contributed by atoms with Gasteiger partial charge in [-0.15, -0.1) is 22.1 Å². The third-order valence-corrected chi connectivity index (χ3v) is 21.5. The van der Waals surface area contributed by atoms with Gasteiger partial charge < -0.3 is 9.97 Å². The Bertz CT molecular complexity index is 6060. The summed E-state index contributed by atoms with van der Waals surface area (Å²) in [5.41, 5.74) is 27.3. The van der Waals surface area contributed by atoms with Crippen LogP contribution >= 0.6 is 0 Å². The molecule has 2 aromatic heterocycles. The van der Waals surface area contributed by atoms with Crippen LogP contribution in [0.25, 0.3) is 221 Å². The number of hydrogen-bond acceptors (Lipinski definition) is 2. The van der Waals surface area contributed by atoms with Gasteiger partial charge in [-0.3, -0.25) is 0 Å². The number of hydrogen-bond donors (Lipinski definition) is 0. The number of rotatable bonds is 8. The number of fused-ring (bicyclic) bond motifs is 4. The summed E-state index contributed by atoms with van der Waals surface area (Å²) < 4.78 is 0. The van der Waals surface area contributed by atoms with Gasteiger partial charge in [-0.05, 0) is 202 Å². The normalized spacial score (nSPS) is 11.7. The molecule has 16 aromatic carbocycles. The topological polar surface area (TPSA) is 54.0 Å².